The van der Waals surface area contributed by atoms with E-state index < -0.39 is 0 Å². The molecule has 26 heavy (non-hydrogen) atoms. The predicted molar refractivity (Wildman–Crippen MR) is 113 cm³/mol. The molecule has 1 aromatic heterocycles. The monoisotopic (exact) mass is 357 g/mol. The molecular formula is C23H39N3. The minimum Gasteiger partial charge on any atom is -0.181 e. The zero-order chi connectivity index (χ0) is 18.5. The van der Waals surface area contributed by atoms with Gasteiger partial charge in [0.1, 0.15) is 11.0 Å². The largest absolute Gasteiger partial charge is 0.181 e. The second-order valence-corrected chi connectivity index (χ2v) is 7.78. The van der Waals surface area contributed by atoms with E-state index in [-0.39, 0.29) is 0 Å². The van der Waals surface area contributed by atoms with Crippen LogP contribution in [0.25, 0.3) is 11.0 Å². The first-order chi connectivity index (χ1) is 12.8. The van der Waals surface area contributed by atoms with Crippen molar-refractivity contribution in [2.45, 2.75) is 110 Å². The van der Waals surface area contributed by atoms with E-state index >= 15 is 0 Å². The first-order valence-electron chi connectivity index (χ1n) is 11.2. The zero-order valence-electron chi connectivity index (χ0n) is 17.1. The lowest BCUT2D eigenvalue weighted by atomic mass is 10.0. The Bertz CT molecular complexity index is 541. The summed E-state index contributed by atoms with van der Waals surface area (Å²) < 4.78 is 0. The van der Waals surface area contributed by atoms with Crippen molar-refractivity contribution in [1.29, 1.82) is 0 Å². The lowest BCUT2D eigenvalue weighted by Crippen LogP contribution is -2.12. The van der Waals surface area contributed by atoms with Gasteiger partial charge in [0.15, 0.2) is 0 Å². The molecule has 0 unspecified atom stereocenters. The van der Waals surface area contributed by atoms with Gasteiger partial charge in [-0.05, 0) is 25.0 Å². The van der Waals surface area contributed by atoms with Gasteiger partial charge in [-0.2, -0.15) is 15.0 Å². The van der Waals surface area contributed by atoms with Gasteiger partial charge in [0.25, 0.3) is 0 Å². The summed E-state index contributed by atoms with van der Waals surface area (Å²) in [7, 11) is 0. The summed E-state index contributed by atoms with van der Waals surface area (Å²) in [5.41, 5.74) is 2.06. The second-order valence-electron chi connectivity index (χ2n) is 7.78. The number of hydrogen-bond donors (Lipinski definition) is 0. The average Bonchev–Trinajstić information content (AvgIpc) is 3.09. The Morgan fingerprint density at radius 2 is 1.08 bits per heavy atom. The minimum atomic E-state index is 0.472. The van der Waals surface area contributed by atoms with Gasteiger partial charge in [-0.1, -0.05) is 103 Å². The van der Waals surface area contributed by atoms with Crippen molar-refractivity contribution in [2.24, 2.45) is 0 Å². The molecule has 1 heterocycles. The lowest BCUT2D eigenvalue weighted by Gasteiger charge is -2.16. The molecule has 0 fully saturated rings. The van der Waals surface area contributed by atoms with Gasteiger partial charge in [-0.15, -0.1) is 0 Å². The number of rotatable bonds is 15. The fourth-order valence-electron chi connectivity index (χ4n) is 3.74. The fourth-order valence-corrected chi connectivity index (χ4v) is 3.74. The van der Waals surface area contributed by atoms with Gasteiger partial charge in [-0.25, -0.2) is 0 Å². The highest BCUT2D eigenvalue weighted by molar-refractivity contribution is 5.72. The van der Waals surface area contributed by atoms with Crippen molar-refractivity contribution in [3.8, 4) is 0 Å². The van der Waals surface area contributed by atoms with Crippen LogP contribution < -0.4 is 0 Å². The van der Waals surface area contributed by atoms with Crippen LogP contribution in [-0.4, -0.2) is 15.0 Å². The number of hydrogen-bond acceptors (Lipinski definition) is 2. The topological polar surface area (TPSA) is 30.7 Å². The second kappa shape index (κ2) is 12.9. The smallest absolute Gasteiger partial charge is 0.113 e. The van der Waals surface area contributed by atoms with Crippen molar-refractivity contribution < 1.29 is 0 Å². The third-order valence-electron chi connectivity index (χ3n) is 5.41. The summed E-state index contributed by atoms with van der Waals surface area (Å²) >= 11 is 0. The van der Waals surface area contributed by atoms with Gasteiger partial charge >= 0.3 is 0 Å². The molecule has 0 spiro atoms. The molecule has 2 aromatic rings. The van der Waals surface area contributed by atoms with E-state index in [1.54, 1.807) is 0 Å². The van der Waals surface area contributed by atoms with Gasteiger partial charge in [0.2, 0.25) is 0 Å². The van der Waals surface area contributed by atoms with Crippen molar-refractivity contribution in [2.75, 3.05) is 0 Å². The molecule has 0 N–H and O–H groups in total. The standard InChI is InChI=1S/C23H39N3/c1-3-5-7-9-11-13-17-21(18-14-12-10-8-6-4-2)26-24-22-19-15-16-20-23(22)25-26/h15-16,19-21H,3-14,17-18H2,1-2H3. The molecular weight excluding hydrogens is 318 g/mol. The lowest BCUT2D eigenvalue weighted by molar-refractivity contribution is 0.337. The SMILES string of the molecule is CCCCCCCCC(CCCCCCCC)n1nc2ccccc2n1. The third kappa shape index (κ3) is 7.47. The van der Waals surface area contributed by atoms with Crippen LogP contribution in [0.15, 0.2) is 24.3 Å². The molecule has 0 saturated carbocycles. The summed E-state index contributed by atoms with van der Waals surface area (Å²) in [5, 5.41) is 9.55. The molecule has 0 radical (unpaired) electrons. The molecule has 0 saturated heterocycles. The molecule has 0 amide bonds. The number of fused-ring (bicyclic) bond motifs is 1. The van der Waals surface area contributed by atoms with Crippen LogP contribution >= 0.6 is 0 Å². The highest BCUT2D eigenvalue weighted by Crippen LogP contribution is 2.24. The van der Waals surface area contributed by atoms with Crippen molar-refractivity contribution in [3.63, 3.8) is 0 Å². The molecule has 3 nitrogen and oxygen atoms in total. The molecule has 0 atom stereocenters. The van der Waals surface area contributed by atoms with Gasteiger partial charge in [0.05, 0.1) is 6.04 Å². The maximum absolute atomic E-state index is 4.78. The minimum absolute atomic E-state index is 0.472. The summed E-state index contributed by atoms with van der Waals surface area (Å²) in [6.45, 7) is 4.56. The molecule has 3 heteroatoms. The van der Waals surface area contributed by atoms with E-state index in [0.29, 0.717) is 6.04 Å². The van der Waals surface area contributed by atoms with E-state index in [0.717, 1.165) is 11.0 Å². The summed E-state index contributed by atoms with van der Waals surface area (Å²) in [6, 6.07) is 8.73. The van der Waals surface area contributed by atoms with Crippen LogP contribution in [-0.2, 0) is 0 Å². The van der Waals surface area contributed by atoms with Crippen molar-refractivity contribution >= 4 is 11.0 Å². The van der Waals surface area contributed by atoms with Gasteiger partial charge in [-0.3, -0.25) is 0 Å². The summed E-state index contributed by atoms with van der Waals surface area (Å²) in [6.07, 6.45) is 18.7. The molecule has 0 aliphatic rings. The fraction of sp³-hybridized carbons (Fsp3) is 0.739. The number of aromatic nitrogens is 3. The highest BCUT2D eigenvalue weighted by atomic mass is 15.5. The van der Waals surface area contributed by atoms with Crippen LogP contribution in [0, 0.1) is 0 Å². The maximum atomic E-state index is 4.78. The molecule has 146 valence electrons. The zero-order valence-corrected chi connectivity index (χ0v) is 17.1. The molecule has 0 aliphatic carbocycles. The van der Waals surface area contributed by atoms with Crippen LogP contribution in [0.5, 0.6) is 0 Å². The first-order valence-corrected chi connectivity index (χ1v) is 11.2. The van der Waals surface area contributed by atoms with E-state index in [9.17, 15) is 0 Å². The van der Waals surface area contributed by atoms with Crippen LogP contribution in [0.3, 0.4) is 0 Å². The molecule has 1 aromatic carbocycles. The van der Waals surface area contributed by atoms with Crippen LogP contribution in [0.4, 0.5) is 0 Å². The average molecular weight is 358 g/mol. The Morgan fingerprint density at radius 3 is 1.54 bits per heavy atom. The number of nitrogens with zero attached hydrogens (tertiary/aromatic N) is 3. The molecule has 0 bridgehead atoms. The molecule has 0 aliphatic heterocycles. The summed E-state index contributed by atoms with van der Waals surface area (Å²) in [5.74, 6) is 0. The Hall–Kier alpha value is -1.38. The number of benzene rings is 1. The normalized spacial score (nSPS) is 11.7. The predicted octanol–water partition coefficient (Wildman–Crippen LogP) is 7.47. The van der Waals surface area contributed by atoms with Gasteiger partial charge in [0, 0.05) is 0 Å². The Balaban J connectivity index is 1.83. The third-order valence-corrected chi connectivity index (χ3v) is 5.41. The Morgan fingerprint density at radius 1 is 0.654 bits per heavy atom. The molecule has 2 rings (SSSR count). The van der Waals surface area contributed by atoms with E-state index in [4.69, 9.17) is 10.2 Å². The summed E-state index contributed by atoms with van der Waals surface area (Å²) in [4.78, 5) is 2.03. The van der Waals surface area contributed by atoms with E-state index in [1.807, 2.05) is 4.80 Å². The van der Waals surface area contributed by atoms with Crippen molar-refractivity contribution in [3.05, 3.63) is 24.3 Å². The Kier molecular flexibility index (Phi) is 10.4. The number of unbranched alkanes of at least 4 members (excludes halogenated alkanes) is 10. The quantitative estimate of drug-likeness (QED) is 0.309. The highest BCUT2D eigenvalue weighted by Gasteiger charge is 2.14. The van der Waals surface area contributed by atoms with Crippen LogP contribution in [0.2, 0.25) is 0 Å². The van der Waals surface area contributed by atoms with Crippen molar-refractivity contribution in [1.82, 2.24) is 15.0 Å². The van der Waals surface area contributed by atoms with E-state index in [2.05, 4.69) is 38.1 Å². The first kappa shape index (κ1) is 20.9. The maximum Gasteiger partial charge on any atom is 0.113 e. The van der Waals surface area contributed by atoms with Gasteiger partial charge < -0.3 is 0 Å². The Labute approximate surface area is 160 Å². The van der Waals surface area contributed by atoms with E-state index in [1.165, 1.54) is 89.9 Å². The van der Waals surface area contributed by atoms with Crippen LogP contribution in [0.1, 0.15) is 110 Å².